The maximum atomic E-state index is 11.7. The summed E-state index contributed by atoms with van der Waals surface area (Å²) in [5, 5.41) is 12.3. The molecule has 0 bridgehead atoms. The van der Waals surface area contributed by atoms with Gasteiger partial charge in [0.25, 0.3) is 0 Å². The van der Waals surface area contributed by atoms with Gasteiger partial charge in [-0.2, -0.15) is 0 Å². The highest BCUT2D eigenvalue weighted by atomic mass is 16.3. The van der Waals surface area contributed by atoms with Crippen LogP contribution in [0.15, 0.2) is 0 Å². The Morgan fingerprint density at radius 2 is 2.27 bits per heavy atom. The number of nitrogens with one attached hydrogen (secondary N) is 1. The van der Waals surface area contributed by atoms with Gasteiger partial charge in [0, 0.05) is 25.7 Å². The number of hydrogen-bond acceptors (Lipinski definition) is 3. The Morgan fingerprint density at radius 1 is 1.60 bits per heavy atom. The first-order valence-corrected chi connectivity index (χ1v) is 5.41. The molecule has 2 N–H and O–H groups in total. The summed E-state index contributed by atoms with van der Waals surface area (Å²) in [5.41, 5.74) is 0. The number of hydrogen-bond donors (Lipinski definition) is 2. The Kier molecular flexibility index (Phi) is 4.35. The first-order chi connectivity index (χ1) is 7.04. The lowest BCUT2D eigenvalue weighted by molar-refractivity contribution is 0.167. The van der Waals surface area contributed by atoms with Gasteiger partial charge >= 0.3 is 6.03 Å². The highest BCUT2D eigenvalue weighted by Gasteiger charge is 2.34. The monoisotopic (exact) mass is 215 g/mol. The SMILES string of the molecule is CCNC(=O)N1CC(O)CC1CN(C)C. The van der Waals surface area contributed by atoms with Crippen molar-refractivity contribution in [1.82, 2.24) is 15.1 Å². The lowest BCUT2D eigenvalue weighted by Crippen LogP contribution is -2.46. The molecule has 2 atom stereocenters. The van der Waals surface area contributed by atoms with Crippen molar-refractivity contribution in [3.05, 3.63) is 0 Å². The molecule has 0 spiro atoms. The molecule has 1 heterocycles. The van der Waals surface area contributed by atoms with Crippen LogP contribution in [0.25, 0.3) is 0 Å². The van der Waals surface area contributed by atoms with Gasteiger partial charge in [0.05, 0.1) is 6.10 Å². The van der Waals surface area contributed by atoms with Crippen LogP contribution in [0.3, 0.4) is 0 Å². The number of nitrogens with zero attached hydrogens (tertiary/aromatic N) is 2. The molecule has 0 saturated carbocycles. The molecule has 1 rings (SSSR count). The number of rotatable bonds is 3. The molecule has 0 aromatic carbocycles. The largest absolute Gasteiger partial charge is 0.391 e. The van der Waals surface area contributed by atoms with Crippen molar-refractivity contribution in [2.75, 3.05) is 33.7 Å². The van der Waals surface area contributed by atoms with E-state index in [0.29, 0.717) is 19.5 Å². The molecule has 1 saturated heterocycles. The zero-order valence-electron chi connectivity index (χ0n) is 9.73. The van der Waals surface area contributed by atoms with E-state index >= 15 is 0 Å². The van der Waals surface area contributed by atoms with Gasteiger partial charge in [-0.1, -0.05) is 0 Å². The van der Waals surface area contributed by atoms with E-state index in [1.165, 1.54) is 0 Å². The van der Waals surface area contributed by atoms with E-state index in [2.05, 4.69) is 5.32 Å². The molecule has 15 heavy (non-hydrogen) atoms. The van der Waals surface area contributed by atoms with E-state index in [0.717, 1.165) is 6.54 Å². The summed E-state index contributed by atoms with van der Waals surface area (Å²) in [6.45, 7) is 3.77. The lowest BCUT2D eigenvalue weighted by Gasteiger charge is -2.26. The predicted molar refractivity (Wildman–Crippen MR) is 58.7 cm³/mol. The molecular formula is C10H21N3O2. The Labute approximate surface area is 91.0 Å². The summed E-state index contributed by atoms with van der Waals surface area (Å²) in [7, 11) is 3.95. The molecule has 1 fully saturated rings. The molecule has 2 unspecified atom stereocenters. The first-order valence-electron chi connectivity index (χ1n) is 5.41. The molecule has 1 aliphatic heterocycles. The second-order valence-corrected chi connectivity index (χ2v) is 4.29. The van der Waals surface area contributed by atoms with Crippen molar-refractivity contribution in [2.45, 2.75) is 25.5 Å². The predicted octanol–water partition coefficient (Wildman–Crippen LogP) is -0.287. The van der Waals surface area contributed by atoms with Crippen LogP contribution in [-0.4, -0.2) is 66.8 Å². The number of β-amino-alcohol motifs (C(OH)–C–C–N with tert-alkyl or cyclic N) is 1. The minimum absolute atomic E-state index is 0.0686. The summed E-state index contributed by atoms with van der Waals surface area (Å²) in [6.07, 6.45) is 0.299. The van der Waals surface area contributed by atoms with Crippen molar-refractivity contribution < 1.29 is 9.90 Å². The zero-order chi connectivity index (χ0) is 11.4. The molecule has 2 amide bonds. The number of urea groups is 1. The van der Waals surface area contributed by atoms with E-state index < -0.39 is 0 Å². The maximum Gasteiger partial charge on any atom is 0.317 e. The van der Waals surface area contributed by atoms with Gasteiger partial charge in [-0.25, -0.2) is 4.79 Å². The van der Waals surface area contributed by atoms with Crippen molar-refractivity contribution >= 4 is 6.03 Å². The van der Waals surface area contributed by atoms with E-state index in [1.807, 2.05) is 25.9 Å². The molecule has 0 aromatic heterocycles. The Hall–Kier alpha value is -0.810. The fourth-order valence-electron chi connectivity index (χ4n) is 1.99. The van der Waals surface area contributed by atoms with Crippen LogP contribution in [0.5, 0.6) is 0 Å². The highest BCUT2D eigenvalue weighted by Crippen LogP contribution is 2.18. The quantitative estimate of drug-likeness (QED) is 0.680. The second-order valence-electron chi connectivity index (χ2n) is 4.29. The average Bonchev–Trinajstić information content (AvgIpc) is 2.46. The summed E-state index contributed by atoms with van der Waals surface area (Å²) < 4.78 is 0. The molecule has 0 aliphatic carbocycles. The minimum atomic E-state index is -0.377. The van der Waals surface area contributed by atoms with Gasteiger partial charge in [-0.15, -0.1) is 0 Å². The molecule has 88 valence electrons. The third kappa shape index (κ3) is 3.35. The summed E-state index contributed by atoms with van der Waals surface area (Å²) in [4.78, 5) is 15.4. The van der Waals surface area contributed by atoms with E-state index in [4.69, 9.17) is 0 Å². The van der Waals surface area contributed by atoms with Crippen LogP contribution in [0.4, 0.5) is 4.79 Å². The molecule has 5 nitrogen and oxygen atoms in total. The Bertz CT molecular complexity index is 221. The van der Waals surface area contributed by atoms with Crippen molar-refractivity contribution in [2.24, 2.45) is 0 Å². The van der Waals surface area contributed by atoms with Crippen molar-refractivity contribution in [3.8, 4) is 0 Å². The third-order valence-corrected chi connectivity index (χ3v) is 2.56. The summed E-state index contributed by atoms with van der Waals surface area (Å²) in [6, 6.07) is 0.0578. The van der Waals surface area contributed by atoms with Gasteiger partial charge in [-0.05, 0) is 27.4 Å². The first kappa shape index (κ1) is 12.3. The van der Waals surface area contributed by atoms with Crippen LogP contribution in [0.1, 0.15) is 13.3 Å². The number of amides is 2. The van der Waals surface area contributed by atoms with Crippen LogP contribution < -0.4 is 5.32 Å². The van der Waals surface area contributed by atoms with Crippen LogP contribution in [-0.2, 0) is 0 Å². The number of likely N-dealkylation sites (N-methyl/N-ethyl adjacent to an activating group) is 1. The number of aliphatic hydroxyl groups is 1. The smallest absolute Gasteiger partial charge is 0.317 e. The van der Waals surface area contributed by atoms with Gasteiger partial charge in [0.2, 0.25) is 0 Å². The van der Waals surface area contributed by atoms with Gasteiger partial charge in [0.15, 0.2) is 0 Å². The van der Waals surface area contributed by atoms with Crippen LogP contribution in [0.2, 0.25) is 0 Å². The summed E-state index contributed by atoms with van der Waals surface area (Å²) in [5.74, 6) is 0. The third-order valence-electron chi connectivity index (χ3n) is 2.56. The Balaban J connectivity index is 2.56. The summed E-state index contributed by atoms with van der Waals surface area (Å²) >= 11 is 0. The Morgan fingerprint density at radius 3 is 2.80 bits per heavy atom. The molecule has 5 heteroatoms. The number of carbonyl (C=O) groups excluding carboxylic acids is 1. The lowest BCUT2D eigenvalue weighted by atomic mass is 10.2. The molecule has 0 radical (unpaired) electrons. The molecule has 0 aromatic rings. The van der Waals surface area contributed by atoms with Gasteiger partial charge in [0.1, 0.15) is 0 Å². The van der Waals surface area contributed by atoms with E-state index in [-0.39, 0.29) is 18.2 Å². The highest BCUT2D eigenvalue weighted by molar-refractivity contribution is 5.74. The van der Waals surface area contributed by atoms with E-state index in [9.17, 15) is 9.90 Å². The average molecular weight is 215 g/mol. The van der Waals surface area contributed by atoms with Crippen molar-refractivity contribution in [3.63, 3.8) is 0 Å². The van der Waals surface area contributed by atoms with Crippen molar-refractivity contribution in [1.29, 1.82) is 0 Å². The maximum absolute atomic E-state index is 11.7. The second kappa shape index (κ2) is 5.32. The standard InChI is InChI=1S/C10H21N3O2/c1-4-11-10(15)13-7-9(14)5-8(13)6-12(2)3/h8-9,14H,4-7H2,1-3H3,(H,11,15). The number of aliphatic hydroxyl groups excluding tert-OH is 1. The molecular weight excluding hydrogens is 194 g/mol. The minimum Gasteiger partial charge on any atom is -0.391 e. The van der Waals surface area contributed by atoms with Crippen LogP contribution in [0, 0.1) is 0 Å². The van der Waals surface area contributed by atoms with Crippen LogP contribution >= 0.6 is 0 Å². The molecule has 1 aliphatic rings. The fourth-order valence-corrected chi connectivity index (χ4v) is 1.99. The van der Waals surface area contributed by atoms with Gasteiger partial charge < -0.3 is 20.2 Å². The topological polar surface area (TPSA) is 55.8 Å². The zero-order valence-corrected chi connectivity index (χ0v) is 9.73. The van der Waals surface area contributed by atoms with Gasteiger partial charge in [-0.3, -0.25) is 0 Å². The number of carbonyl (C=O) groups is 1. The normalized spacial score (nSPS) is 26.1. The van der Waals surface area contributed by atoms with E-state index in [1.54, 1.807) is 4.90 Å². The fraction of sp³-hybridized carbons (Fsp3) is 0.900. The number of likely N-dealkylation sites (tertiary alicyclic amines) is 1.